The zero-order chi connectivity index (χ0) is 12.6. The normalized spacial score (nSPS) is 26.7. The van der Waals surface area contributed by atoms with Crippen LogP contribution in [0.5, 0.6) is 0 Å². The predicted molar refractivity (Wildman–Crippen MR) is 66.2 cm³/mol. The topological polar surface area (TPSA) is 26.3 Å². The van der Waals surface area contributed by atoms with Gasteiger partial charge in [-0.1, -0.05) is 28.9 Å². The van der Waals surface area contributed by atoms with E-state index in [-0.39, 0.29) is 17.7 Å². The predicted octanol–water partition coefficient (Wildman–Crippen LogP) is 3.43. The highest BCUT2D eigenvalue weighted by molar-refractivity contribution is 9.10. The van der Waals surface area contributed by atoms with Crippen molar-refractivity contribution in [3.8, 4) is 0 Å². The molecule has 17 heavy (non-hydrogen) atoms. The minimum absolute atomic E-state index is 0.210. The molecule has 92 valence electrons. The van der Waals surface area contributed by atoms with E-state index in [1.54, 1.807) is 19.1 Å². The van der Waals surface area contributed by atoms with Crippen molar-refractivity contribution in [3.05, 3.63) is 34.1 Å². The van der Waals surface area contributed by atoms with Crippen LogP contribution in [0.1, 0.15) is 25.8 Å². The molecule has 0 amide bonds. The minimum atomic E-state index is -0.406. The van der Waals surface area contributed by atoms with Crippen LogP contribution in [0.15, 0.2) is 22.7 Å². The maximum Gasteiger partial charge on any atom is 0.309 e. The molecule has 2 atom stereocenters. The third-order valence-electron chi connectivity index (χ3n) is 3.35. The summed E-state index contributed by atoms with van der Waals surface area (Å²) in [5.74, 6) is -0.705. The van der Waals surface area contributed by atoms with Gasteiger partial charge in [-0.25, -0.2) is 4.39 Å². The summed E-state index contributed by atoms with van der Waals surface area (Å²) in [5.41, 5.74) is 0.190. The van der Waals surface area contributed by atoms with Gasteiger partial charge in [0.25, 0.3) is 0 Å². The van der Waals surface area contributed by atoms with Gasteiger partial charge in [-0.05, 0) is 31.0 Å². The number of halogens is 2. The number of ether oxygens (including phenoxy) is 1. The molecule has 1 saturated carbocycles. The highest BCUT2D eigenvalue weighted by Gasteiger charge is 2.57. The Kier molecular flexibility index (Phi) is 3.25. The number of carbonyl (C=O) groups excluding carboxylic acids is 1. The fourth-order valence-electron chi connectivity index (χ4n) is 2.20. The summed E-state index contributed by atoms with van der Waals surface area (Å²) >= 11 is 3.22. The number of benzene rings is 1. The van der Waals surface area contributed by atoms with Gasteiger partial charge in [0.1, 0.15) is 5.82 Å². The number of hydrogen-bond donors (Lipinski definition) is 0. The maximum atomic E-state index is 13.8. The molecule has 0 saturated heterocycles. The maximum absolute atomic E-state index is 13.8. The average molecular weight is 301 g/mol. The summed E-state index contributed by atoms with van der Waals surface area (Å²) < 4.78 is 19.5. The first-order valence-corrected chi connectivity index (χ1v) is 6.40. The Balaban J connectivity index is 2.22. The van der Waals surface area contributed by atoms with E-state index in [1.165, 1.54) is 6.07 Å². The van der Waals surface area contributed by atoms with Crippen molar-refractivity contribution in [3.63, 3.8) is 0 Å². The third-order valence-corrected chi connectivity index (χ3v) is 3.85. The Morgan fingerprint density at radius 3 is 2.94 bits per heavy atom. The van der Waals surface area contributed by atoms with Gasteiger partial charge >= 0.3 is 5.97 Å². The number of carbonyl (C=O) groups is 1. The van der Waals surface area contributed by atoms with Crippen molar-refractivity contribution in [1.82, 2.24) is 0 Å². The monoisotopic (exact) mass is 300 g/mol. The van der Waals surface area contributed by atoms with Crippen LogP contribution in [-0.2, 0) is 14.9 Å². The molecule has 2 rings (SSSR count). The van der Waals surface area contributed by atoms with Crippen LogP contribution in [0.4, 0.5) is 4.39 Å². The summed E-state index contributed by atoms with van der Waals surface area (Å²) in [7, 11) is 0. The Labute approximate surface area is 108 Å². The Bertz CT molecular complexity index is 461. The second-order valence-corrected chi connectivity index (χ2v) is 5.47. The van der Waals surface area contributed by atoms with Crippen molar-refractivity contribution >= 4 is 21.9 Å². The molecule has 1 fully saturated rings. The Morgan fingerprint density at radius 1 is 1.65 bits per heavy atom. The van der Waals surface area contributed by atoms with E-state index in [4.69, 9.17) is 4.74 Å². The summed E-state index contributed by atoms with van der Waals surface area (Å²) in [5, 5.41) is 0. The molecule has 1 aliphatic carbocycles. The lowest BCUT2D eigenvalue weighted by Gasteiger charge is -2.12. The van der Waals surface area contributed by atoms with E-state index >= 15 is 0 Å². The first-order chi connectivity index (χ1) is 7.99. The van der Waals surface area contributed by atoms with Crippen LogP contribution in [0, 0.1) is 11.7 Å². The molecule has 1 aliphatic rings. The summed E-state index contributed by atoms with van der Waals surface area (Å²) in [6.45, 7) is 4.05. The minimum Gasteiger partial charge on any atom is -0.466 e. The van der Waals surface area contributed by atoms with Crippen molar-refractivity contribution < 1.29 is 13.9 Å². The van der Waals surface area contributed by atoms with Crippen LogP contribution in [0.25, 0.3) is 0 Å². The molecule has 0 aromatic heterocycles. The molecular formula is C13H14BrFO2. The molecule has 0 N–H and O–H groups in total. The SMILES string of the molecule is CCOC(=O)[C@@H]1C[C@@]1(C)c1ccc(Br)cc1F. The lowest BCUT2D eigenvalue weighted by atomic mass is 9.95. The standard InChI is InChI=1S/C13H14BrFO2/c1-3-17-12(16)10-7-13(10,2)9-5-4-8(14)6-11(9)15/h4-6,10H,3,7H2,1-2H3/t10-,13-/m0/s1. The quantitative estimate of drug-likeness (QED) is 0.800. The van der Waals surface area contributed by atoms with Crippen molar-refractivity contribution in [2.75, 3.05) is 6.61 Å². The lowest BCUT2D eigenvalue weighted by Crippen LogP contribution is -2.15. The number of rotatable bonds is 3. The summed E-state index contributed by atoms with van der Waals surface area (Å²) in [6, 6.07) is 4.96. The third kappa shape index (κ3) is 2.23. The molecule has 0 unspecified atom stereocenters. The van der Waals surface area contributed by atoms with Crippen LogP contribution in [0.3, 0.4) is 0 Å². The summed E-state index contributed by atoms with van der Waals surface area (Å²) in [6.07, 6.45) is 0.657. The second kappa shape index (κ2) is 4.41. The molecule has 1 aromatic rings. The number of hydrogen-bond acceptors (Lipinski definition) is 2. The van der Waals surface area contributed by atoms with Gasteiger partial charge in [-0.2, -0.15) is 0 Å². The van der Waals surface area contributed by atoms with E-state index in [0.29, 0.717) is 23.1 Å². The number of esters is 1. The van der Waals surface area contributed by atoms with E-state index < -0.39 is 5.41 Å². The fourth-order valence-corrected chi connectivity index (χ4v) is 2.53. The summed E-state index contributed by atoms with van der Waals surface area (Å²) in [4.78, 5) is 11.6. The van der Waals surface area contributed by atoms with Crippen LogP contribution < -0.4 is 0 Å². The van der Waals surface area contributed by atoms with Crippen LogP contribution in [-0.4, -0.2) is 12.6 Å². The molecule has 0 spiro atoms. The molecule has 1 aromatic carbocycles. The second-order valence-electron chi connectivity index (χ2n) is 4.55. The van der Waals surface area contributed by atoms with Crippen molar-refractivity contribution in [1.29, 1.82) is 0 Å². The highest BCUT2D eigenvalue weighted by Crippen LogP contribution is 2.55. The zero-order valence-electron chi connectivity index (χ0n) is 9.80. The molecule has 2 nitrogen and oxygen atoms in total. The van der Waals surface area contributed by atoms with Crippen molar-refractivity contribution in [2.24, 2.45) is 5.92 Å². The van der Waals surface area contributed by atoms with Crippen LogP contribution >= 0.6 is 15.9 Å². The zero-order valence-corrected chi connectivity index (χ0v) is 11.4. The van der Waals surface area contributed by atoms with E-state index in [1.807, 2.05) is 6.92 Å². The average Bonchev–Trinajstić information content (AvgIpc) is 2.92. The molecule has 0 radical (unpaired) electrons. The van der Waals surface area contributed by atoms with Crippen molar-refractivity contribution in [2.45, 2.75) is 25.7 Å². The highest BCUT2D eigenvalue weighted by atomic mass is 79.9. The molecule has 0 heterocycles. The first-order valence-electron chi connectivity index (χ1n) is 5.61. The van der Waals surface area contributed by atoms with Gasteiger partial charge < -0.3 is 4.74 Å². The van der Waals surface area contributed by atoms with E-state index in [9.17, 15) is 9.18 Å². The molecule has 4 heteroatoms. The van der Waals surface area contributed by atoms with Gasteiger partial charge in [0.15, 0.2) is 0 Å². The smallest absolute Gasteiger partial charge is 0.309 e. The molecular weight excluding hydrogens is 287 g/mol. The Morgan fingerprint density at radius 2 is 2.35 bits per heavy atom. The molecule has 0 aliphatic heterocycles. The lowest BCUT2D eigenvalue weighted by molar-refractivity contribution is -0.145. The first kappa shape index (κ1) is 12.6. The van der Waals surface area contributed by atoms with Gasteiger partial charge in [-0.3, -0.25) is 4.79 Å². The van der Waals surface area contributed by atoms with Crippen LogP contribution in [0.2, 0.25) is 0 Å². The largest absolute Gasteiger partial charge is 0.466 e. The Hall–Kier alpha value is -0.900. The molecule has 0 bridgehead atoms. The van der Waals surface area contributed by atoms with Gasteiger partial charge in [0, 0.05) is 9.89 Å². The van der Waals surface area contributed by atoms with Gasteiger partial charge in [0.2, 0.25) is 0 Å². The van der Waals surface area contributed by atoms with Gasteiger partial charge in [-0.15, -0.1) is 0 Å². The van der Waals surface area contributed by atoms with Gasteiger partial charge in [0.05, 0.1) is 12.5 Å². The van der Waals surface area contributed by atoms with E-state index in [2.05, 4.69) is 15.9 Å². The van der Waals surface area contributed by atoms with E-state index in [0.717, 1.165) is 0 Å². The fraction of sp³-hybridized carbons (Fsp3) is 0.462.